The Kier molecular flexibility index (Phi) is 7.44. The van der Waals surface area contributed by atoms with E-state index in [0.717, 1.165) is 23.3 Å². The van der Waals surface area contributed by atoms with Crippen molar-refractivity contribution < 1.29 is 37.4 Å². The minimum atomic E-state index is -3.40. The van der Waals surface area contributed by atoms with Gasteiger partial charge in [0.15, 0.2) is 0 Å². The lowest BCUT2D eigenvalue weighted by atomic mass is 10.0. The van der Waals surface area contributed by atoms with Crippen LogP contribution in [-0.4, -0.2) is 54.8 Å². The Balaban J connectivity index is 0.000000278. The highest BCUT2D eigenvalue weighted by molar-refractivity contribution is 7.92. The summed E-state index contributed by atoms with van der Waals surface area (Å²) in [6.07, 6.45) is 0.808. The number of rotatable bonds is 5. The molecule has 13 heteroatoms. The van der Waals surface area contributed by atoms with Gasteiger partial charge in [0, 0.05) is 34.9 Å². The lowest BCUT2D eigenvalue weighted by Gasteiger charge is -2.19. The zero-order chi connectivity index (χ0) is 24.3. The van der Waals surface area contributed by atoms with Crippen LogP contribution in [0.2, 0.25) is 5.02 Å². The SMILES string of the molecule is CS(=O)(=O)Nc1ccc(N2CCC(O)(C(=O)O)C2=O)cc1.NC(=O)c1cc(F)cc(Cl)c1. The van der Waals surface area contributed by atoms with E-state index in [2.05, 4.69) is 4.72 Å². The number of aliphatic hydroxyl groups is 1. The van der Waals surface area contributed by atoms with Crippen molar-refractivity contribution in [3.63, 3.8) is 0 Å². The number of aliphatic carboxylic acids is 1. The van der Waals surface area contributed by atoms with E-state index in [1.54, 1.807) is 0 Å². The Morgan fingerprint density at radius 3 is 2.25 bits per heavy atom. The number of primary amides is 1. The Morgan fingerprint density at radius 1 is 1.22 bits per heavy atom. The molecule has 5 N–H and O–H groups in total. The van der Waals surface area contributed by atoms with E-state index in [9.17, 15) is 32.3 Å². The molecule has 3 rings (SSSR count). The van der Waals surface area contributed by atoms with Gasteiger partial charge in [0.05, 0.1) is 6.26 Å². The van der Waals surface area contributed by atoms with Crippen molar-refractivity contribution in [2.24, 2.45) is 5.73 Å². The molecule has 2 amide bonds. The fraction of sp³-hybridized carbons (Fsp3) is 0.211. The third-order valence-corrected chi connectivity index (χ3v) is 5.10. The molecule has 0 aromatic heterocycles. The molecule has 2 aromatic rings. The molecule has 172 valence electrons. The molecule has 0 aliphatic carbocycles. The second kappa shape index (κ2) is 9.51. The molecule has 2 aromatic carbocycles. The first-order chi connectivity index (χ1) is 14.7. The van der Waals surface area contributed by atoms with E-state index < -0.39 is 39.2 Å². The van der Waals surface area contributed by atoms with Gasteiger partial charge >= 0.3 is 5.97 Å². The van der Waals surface area contributed by atoms with Crippen molar-refractivity contribution in [2.75, 3.05) is 22.4 Å². The standard InChI is InChI=1S/C12H14N2O6S.C7H5ClFNO/c1-21(19,20)13-8-2-4-9(5-3-8)14-7-6-12(18,10(14)15)11(16)17;8-5-1-4(7(10)11)2-6(9)3-5/h2-5,13,18H,6-7H2,1H3,(H,16,17);1-3H,(H2,10,11). The lowest BCUT2D eigenvalue weighted by molar-refractivity contribution is -0.162. The zero-order valence-corrected chi connectivity index (χ0v) is 18.2. The minimum absolute atomic E-state index is 0.0699. The summed E-state index contributed by atoms with van der Waals surface area (Å²) < 4.78 is 36.9. The maximum Gasteiger partial charge on any atom is 0.345 e. The number of carbonyl (C=O) groups is 3. The number of anilines is 2. The largest absolute Gasteiger partial charge is 0.479 e. The lowest BCUT2D eigenvalue weighted by Crippen LogP contribution is -2.46. The number of hydrogen-bond acceptors (Lipinski definition) is 6. The molecule has 1 unspecified atom stereocenters. The van der Waals surface area contributed by atoms with Gasteiger partial charge in [-0.1, -0.05) is 11.6 Å². The fourth-order valence-corrected chi connectivity index (χ4v) is 3.56. The minimum Gasteiger partial charge on any atom is -0.479 e. The van der Waals surface area contributed by atoms with Crippen LogP contribution in [-0.2, 0) is 19.6 Å². The summed E-state index contributed by atoms with van der Waals surface area (Å²) in [5.41, 5.74) is 3.27. The highest BCUT2D eigenvalue weighted by Gasteiger charge is 2.52. The number of hydrogen-bond donors (Lipinski definition) is 4. The average molecular weight is 488 g/mol. The van der Waals surface area contributed by atoms with Crippen LogP contribution < -0.4 is 15.4 Å². The molecule has 0 radical (unpaired) electrons. The number of benzene rings is 2. The molecule has 0 saturated carbocycles. The van der Waals surface area contributed by atoms with Crippen LogP contribution in [0.1, 0.15) is 16.8 Å². The first-order valence-electron chi connectivity index (χ1n) is 8.84. The number of nitrogens with two attached hydrogens (primary N) is 1. The highest BCUT2D eigenvalue weighted by Crippen LogP contribution is 2.29. The Labute approximate surface area is 187 Å². The molecule has 1 aliphatic heterocycles. The van der Waals surface area contributed by atoms with Crippen molar-refractivity contribution in [2.45, 2.75) is 12.0 Å². The summed E-state index contributed by atoms with van der Waals surface area (Å²) in [6.45, 7) is 0.0699. The van der Waals surface area contributed by atoms with Crippen molar-refractivity contribution in [3.05, 3.63) is 58.9 Å². The molecule has 1 atom stereocenters. The van der Waals surface area contributed by atoms with Crippen molar-refractivity contribution >= 4 is 50.8 Å². The van der Waals surface area contributed by atoms with Gasteiger partial charge in [0.2, 0.25) is 21.5 Å². The van der Waals surface area contributed by atoms with Crippen LogP contribution in [0.5, 0.6) is 0 Å². The van der Waals surface area contributed by atoms with Crippen LogP contribution in [0.15, 0.2) is 42.5 Å². The third-order valence-electron chi connectivity index (χ3n) is 4.28. The van der Waals surface area contributed by atoms with Gasteiger partial charge in [-0.25, -0.2) is 17.6 Å². The molecular formula is C19H19ClFN3O7S. The molecular weight excluding hydrogens is 469 g/mol. The molecule has 0 spiro atoms. The van der Waals surface area contributed by atoms with E-state index in [1.807, 2.05) is 0 Å². The maximum atomic E-state index is 12.5. The Morgan fingerprint density at radius 2 is 1.81 bits per heavy atom. The number of carbonyl (C=O) groups excluding carboxylic acids is 2. The van der Waals surface area contributed by atoms with E-state index >= 15 is 0 Å². The van der Waals surface area contributed by atoms with Crippen LogP contribution in [0.3, 0.4) is 0 Å². The third kappa shape index (κ3) is 6.15. The second-order valence-corrected chi connectivity index (χ2v) is 9.00. The average Bonchev–Trinajstić information content (AvgIpc) is 2.97. The summed E-state index contributed by atoms with van der Waals surface area (Å²) in [7, 11) is -3.40. The van der Waals surface area contributed by atoms with Crippen molar-refractivity contribution in [1.82, 2.24) is 0 Å². The number of halogens is 2. The van der Waals surface area contributed by atoms with Crippen LogP contribution in [0.4, 0.5) is 15.8 Å². The predicted octanol–water partition coefficient (Wildman–Crippen LogP) is 1.19. The van der Waals surface area contributed by atoms with Gasteiger partial charge in [-0.3, -0.25) is 14.3 Å². The van der Waals surface area contributed by atoms with Gasteiger partial charge in [0.25, 0.3) is 5.91 Å². The molecule has 32 heavy (non-hydrogen) atoms. The normalized spacial score (nSPS) is 18.0. The first kappa shape index (κ1) is 25.0. The van der Waals surface area contributed by atoms with Gasteiger partial charge in [-0.15, -0.1) is 0 Å². The summed E-state index contributed by atoms with van der Waals surface area (Å²) in [6, 6.07) is 9.29. The van der Waals surface area contributed by atoms with E-state index in [4.69, 9.17) is 22.4 Å². The molecule has 10 nitrogen and oxygen atoms in total. The van der Waals surface area contributed by atoms with Gasteiger partial charge in [0.1, 0.15) is 5.82 Å². The van der Waals surface area contributed by atoms with E-state index in [1.165, 1.54) is 30.3 Å². The number of carboxylic acids is 1. The first-order valence-corrected chi connectivity index (χ1v) is 11.1. The fourth-order valence-electron chi connectivity index (χ4n) is 2.77. The summed E-state index contributed by atoms with van der Waals surface area (Å²) in [5, 5.41) is 18.9. The van der Waals surface area contributed by atoms with Crippen LogP contribution in [0.25, 0.3) is 0 Å². The molecule has 1 heterocycles. The van der Waals surface area contributed by atoms with Crippen molar-refractivity contribution in [3.8, 4) is 0 Å². The van der Waals surface area contributed by atoms with Gasteiger partial charge in [-0.05, 0) is 42.5 Å². The molecule has 1 saturated heterocycles. The molecule has 1 fully saturated rings. The molecule has 1 aliphatic rings. The number of nitrogens with one attached hydrogen (secondary N) is 1. The Bertz CT molecular complexity index is 1140. The highest BCUT2D eigenvalue weighted by atomic mass is 35.5. The number of amides is 2. The number of nitrogens with zero attached hydrogens (tertiary/aromatic N) is 1. The van der Waals surface area contributed by atoms with E-state index in [0.29, 0.717) is 11.4 Å². The topological polar surface area (TPSA) is 167 Å². The van der Waals surface area contributed by atoms with Crippen LogP contribution in [0, 0.1) is 5.82 Å². The Hall–Kier alpha value is -3.22. The summed E-state index contributed by atoms with van der Waals surface area (Å²) >= 11 is 5.45. The molecule has 0 bridgehead atoms. The summed E-state index contributed by atoms with van der Waals surface area (Å²) in [4.78, 5) is 34.6. The smallest absolute Gasteiger partial charge is 0.345 e. The van der Waals surface area contributed by atoms with Gasteiger partial charge in [-0.2, -0.15) is 0 Å². The second-order valence-electron chi connectivity index (χ2n) is 6.82. The predicted molar refractivity (Wildman–Crippen MR) is 114 cm³/mol. The monoisotopic (exact) mass is 487 g/mol. The zero-order valence-electron chi connectivity index (χ0n) is 16.6. The van der Waals surface area contributed by atoms with Gasteiger partial charge < -0.3 is 20.8 Å². The summed E-state index contributed by atoms with van der Waals surface area (Å²) in [5.74, 6) is -3.73. The van der Waals surface area contributed by atoms with E-state index in [-0.39, 0.29) is 23.6 Å². The van der Waals surface area contributed by atoms with Crippen LogP contribution >= 0.6 is 11.6 Å². The number of sulfonamides is 1. The number of carboxylic acid groups (broad SMARTS) is 1. The maximum absolute atomic E-state index is 12.5. The van der Waals surface area contributed by atoms with Crippen molar-refractivity contribution in [1.29, 1.82) is 0 Å². The quantitative estimate of drug-likeness (QED) is 0.459.